The zero-order valence-corrected chi connectivity index (χ0v) is 18.4. The van der Waals surface area contributed by atoms with E-state index in [2.05, 4.69) is 10.1 Å². The maximum absolute atomic E-state index is 13.5. The highest BCUT2D eigenvalue weighted by atomic mass is 19.4. The van der Waals surface area contributed by atoms with E-state index in [9.17, 15) is 18.0 Å². The van der Waals surface area contributed by atoms with Crippen LogP contribution in [0.4, 0.5) is 13.2 Å². The van der Waals surface area contributed by atoms with Gasteiger partial charge in [0.25, 0.3) is 0 Å². The van der Waals surface area contributed by atoms with Crippen LogP contribution in [0, 0.1) is 11.3 Å². The Morgan fingerprint density at radius 1 is 1.09 bits per heavy atom. The van der Waals surface area contributed by atoms with E-state index < -0.39 is 11.8 Å². The maximum atomic E-state index is 13.5. The number of rotatable bonds is 6. The summed E-state index contributed by atoms with van der Waals surface area (Å²) in [5.74, 6) is 0.751. The predicted octanol–water partition coefficient (Wildman–Crippen LogP) is 5.93. The fourth-order valence-electron chi connectivity index (χ4n) is 5.53. The Labute approximate surface area is 191 Å². The summed E-state index contributed by atoms with van der Waals surface area (Å²) in [4.78, 5) is 13.5. The first-order chi connectivity index (χ1) is 15.8. The van der Waals surface area contributed by atoms with Crippen molar-refractivity contribution in [3.8, 4) is 11.5 Å². The number of ether oxygens (including phenoxy) is 2. The molecule has 5 rings (SSSR count). The summed E-state index contributed by atoms with van der Waals surface area (Å²) in [5.41, 5.74) is 1.14. The van der Waals surface area contributed by atoms with Gasteiger partial charge in [-0.3, -0.25) is 4.79 Å². The molecule has 4 nitrogen and oxygen atoms in total. The Morgan fingerprint density at radius 2 is 1.88 bits per heavy atom. The van der Waals surface area contributed by atoms with Gasteiger partial charge in [0.2, 0.25) is 0 Å². The standard InChI is InChI=1S/C26H28F3NO3/c27-26(28,29)33-20-9-10-22(32-16-17-7-8-17)21(14-20)19-13-23(31)25(15-19)11-4-12-30-24(25)18-5-2-1-3-6-18/h1-3,5-6,9-10,14,17,19,24,30H,4,7-8,11-13,15-16H2. The zero-order chi connectivity index (χ0) is 23.1. The van der Waals surface area contributed by atoms with Gasteiger partial charge in [-0.15, -0.1) is 13.2 Å². The number of Topliss-reactive ketones (excluding diaryl/α,β-unsaturated/α-hetero) is 1. The molecule has 0 aromatic heterocycles. The normalized spacial score (nSPS) is 27.7. The Kier molecular flexibility index (Phi) is 5.85. The largest absolute Gasteiger partial charge is 0.573 e. The van der Waals surface area contributed by atoms with E-state index in [4.69, 9.17) is 4.74 Å². The number of carbonyl (C=O) groups is 1. The molecule has 1 N–H and O–H groups in total. The quantitative estimate of drug-likeness (QED) is 0.582. The molecule has 1 spiro atoms. The van der Waals surface area contributed by atoms with Gasteiger partial charge >= 0.3 is 6.36 Å². The summed E-state index contributed by atoms with van der Waals surface area (Å²) in [5, 5.41) is 3.55. The van der Waals surface area contributed by atoms with Gasteiger partial charge < -0.3 is 14.8 Å². The second kappa shape index (κ2) is 8.67. The van der Waals surface area contributed by atoms with Crippen LogP contribution in [0.3, 0.4) is 0 Å². The lowest BCUT2D eigenvalue weighted by Crippen LogP contribution is -2.45. The van der Waals surface area contributed by atoms with Crippen molar-refractivity contribution in [3.63, 3.8) is 0 Å². The molecule has 3 atom stereocenters. The Bertz CT molecular complexity index is 1010. The lowest BCUT2D eigenvalue weighted by atomic mass is 9.69. The van der Waals surface area contributed by atoms with Crippen LogP contribution in [0.5, 0.6) is 11.5 Å². The van der Waals surface area contributed by atoms with E-state index in [0.29, 0.717) is 36.7 Å². The first kappa shape index (κ1) is 22.3. The fourth-order valence-corrected chi connectivity index (χ4v) is 5.53. The summed E-state index contributed by atoms with van der Waals surface area (Å²) >= 11 is 0. The number of halogens is 3. The minimum Gasteiger partial charge on any atom is -0.493 e. The van der Waals surface area contributed by atoms with Crippen LogP contribution < -0.4 is 14.8 Å². The van der Waals surface area contributed by atoms with E-state index in [0.717, 1.165) is 37.8 Å². The van der Waals surface area contributed by atoms with Gasteiger partial charge in [-0.05, 0) is 74.2 Å². The van der Waals surface area contributed by atoms with Gasteiger partial charge in [0, 0.05) is 23.4 Å². The van der Waals surface area contributed by atoms with Crippen LogP contribution in [0.15, 0.2) is 48.5 Å². The van der Waals surface area contributed by atoms with Gasteiger partial charge in [-0.25, -0.2) is 0 Å². The van der Waals surface area contributed by atoms with Crippen molar-refractivity contribution < 1.29 is 27.4 Å². The monoisotopic (exact) mass is 459 g/mol. The summed E-state index contributed by atoms with van der Waals surface area (Å²) in [7, 11) is 0. The van der Waals surface area contributed by atoms with Crippen LogP contribution in [0.2, 0.25) is 0 Å². The number of piperidine rings is 1. The Morgan fingerprint density at radius 3 is 2.61 bits per heavy atom. The molecule has 2 aromatic carbocycles. The van der Waals surface area contributed by atoms with Crippen LogP contribution in [-0.2, 0) is 4.79 Å². The number of benzene rings is 2. The van der Waals surface area contributed by atoms with Gasteiger partial charge in [-0.1, -0.05) is 30.3 Å². The smallest absolute Gasteiger partial charge is 0.493 e. The molecule has 33 heavy (non-hydrogen) atoms. The number of hydrogen-bond donors (Lipinski definition) is 1. The SMILES string of the molecule is O=C1CC(c2cc(OC(F)(F)F)ccc2OCC2CC2)CC12CCCNC2c1ccccc1. The third-order valence-electron chi connectivity index (χ3n) is 7.26. The van der Waals surface area contributed by atoms with Crippen LogP contribution in [0.1, 0.15) is 61.6 Å². The minimum atomic E-state index is -4.77. The molecular formula is C26H28F3NO3. The third kappa shape index (κ3) is 4.74. The predicted molar refractivity (Wildman–Crippen MR) is 117 cm³/mol. The van der Waals surface area contributed by atoms with Gasteiger partial charge in [0.05, 0.1) is 6.61 Å². The highest BCUT2D eigenvalue weighted by molar-refractivity contribution is 5.89. The average Bonchev–Trinajstić information content (AvgIpc) is 3.56. The molecule has 3 unspecified atom stereocenters. The number of carbonyl (C=O) groups excluding carboxylic acids is 1. The van der Waals surface area contributed by atoms with E-state index in [1.807, 2.05) is 30.3 Å². The average molecular weight is 460 g/mol. The highest BCUT2D eigenvalue weighted by Gasteiger charge is 2.53. The van der Waals surface area contributed by atoms with E-state index in [1.165, 1.54) is 12.1 Å². The molecule has 1 saturated heterocycles. The molecule has 2 aromatic rings. The molecule has 0 radical (unpaired) electrons. The van der Waals surface area contributed by atoms with Gasteiger partial charge in [-0.2, -0.15) is 0 Å². The third-order valence-corrected chi connectivity index (χ3v) is 7.26. The summed E-state index contributed by atoms with van der Waals surface area (Å²) < 4.78 is 48.9. The van der Waals surface area contributed by atoms with Gasteiger partial charge in [0.1, 0.15) is 17.3 Å². The summed E-state index contributed by atoms with van der Waals surface area (Å²) in [6, 6.07) is 14.1. The van der Waals surface area contributed by atoms with Crippen LogP contribution in [-0.4, -0.2) is 25.3 Å². The second-order valence-corrected chi connectivity index (χ2v) is 9.59. The highest BCUT2D eigenvalue weighted by Crippen LogP contribution is 2.56. The Balaban J connectivity index is 1.47. The molecule has 0 bridgehead atoms. The van der Waals surface area contributed by atoms with Crippen molar-refractivity contribution in [1.82, 2.24) is 5.32 Å². The molecule has 1 aliphatic heterocycles. The number of ketones is 1. The molecule has 2 saturated carbocycles. The summed E-state index contributed by atoms with van der Waals surface area (Å²) in [6.45, 7) is 1.39. The molecule has 3 fully saturated rings. The van der Waals surface area contributed by atoms with Crippen molar-refractivity contribution in [2.24, 2.45) is 11.3 Å². The van der Waals surface area contributed by atoms with E-state index in [-0.39, 0.29) is 23.5 Å². The maximum Gasteiger partial charge on any atom is 0.573 e. The van der Waals surface area contributed by atoms with Crippen LogP contribution in [0.25, 0.3) is 0 Å². The molecular weight excluding hydrogens is 431 g/mol. The van der Waals surface area contributed by atoms with E-state index in [1.54, 1.807) is 6.07 Å². The lowest BCUT2D eigenvalue weighted by Gasteiger charge is -2.41. The van der Waals surface area contributed by atoms with Crippen molar-refractivity contribution in [1.29, 1.82) is 0 Å². The molecule has 176 valence electrons. The first-order valence-corrected chi connectivity index (χ1v) is 11.7. The lowest BCUT2D eigenvalue weighted by molar-refractivity contribution is -0.274. The Hall–Kier alpha value is -2.54. The zero-order valence-electron chi connectivity index (χ0n) is 18.4. The molecule has 7 heteroatoms. The van der Waals surface area contributed by atoms with E-state index >= 15 is 0 Å². The number of alkyl halides is 3. The fraction of sp³-hybridized carbons (Fsp3) is 0.500. The van der Waals surface area contributed by atoms with Gasteiger partial charge in [0.15, 0.2) is 0 Å². The second-order valence-electron chi connectivity index (χ2n) is 9.59. The van der Waals surface area contributed by atoms with Crippen molar-refractivity contribution in [2.75, 3.05) is 13.2 Å². The molecule has 1 heterocycles. The topological polar surface area (TPSA) is 47.6 Å². The molecule has 0 amide bonds. The van der Waals surface area contributed by atoms with Crippen molar-refractivity contribution in [3.05, 3.63) is 59.7 Å². The number of nitrogens with one attached hydrogen (secondary N) is 1. The van der Waals surface area contributed by atoms with Crippen molar-refractivity contribution >= 4 is 5.78 Å². The minimum absolute atomic E-state index is 0.101. The molecule has 3 aliphatic rings. The number of hydrogen-bond acceptors (Lipinski definition) is 4. The van der Waals surface area contributed by atoms with Crippen molar-refractivity contribution in [2.45, 2.75) is 56.8 Å². The summed E-state index contributed by atoms with van der Waals surface area (Å²) in [6.07, 6.45) is -0.0178. The first-order valence-electron chi connectivity index (χ1n) is 11.7. The van der Waals surface area contributed by atoms with Crippen LogP contribution >= 0.6 is 0 Å². The molecule has 2 aliphatic carbocycles.